The SMILES string of the molecule is C/C(=C\C=C/C=N)c1cc2ccccc2s1. The number of nitrogens with one attached hydrogen (secondary N) is 1. The minimum absolute atomic E-state index is 1.24. The highest BCUT2D eigenvalue weighted by Gasteiger charge is 2.01. The Morgan fingerprint density at radius 2 is 2.06 bits per heavy atom. The molecule has 0 amide bonds. The van der Waals surface area contributed by atoms with Crippen molar-refractivity contribution in [2.45, 2.75) is 6.92 Å². The Morgan fingerprint density at radius 3 is 2.81 bits per heavy atom. The predicted molar refractivity (Wildman–Crippen MR) is 73.4 cm³/mol. The standard InChI is InChI=1S/C14H13NS/c1-11(6-4-5-9-15)14-10-12-7-2-3-8-13(12)16-14/h2-10,15H,1H3/b5-4-,11-6+,15-9?. The molecule has 1 heterocycles. The van der Waals surface area contributed by atoms with Crippen molar-refractivity contribution in [2.75, 3.05) is 0 Å². The van der Waals surface area contributed by atoms with Gasteiger partial charge in [0.15, 0.2) is 0 Å². The first-order valence-electron chi connectivity index (χ1n) is 5.14. The summed E-state index contributed by atoms with van der Waals surface area (Å²) in [4.78, 5) is 1.29. The maximum Gasteiger partial charge on any atom is 0.0349 e. The molecule has 0 fully saturated rings. The molecule has 0 unspecified atom stereocenters. The summed E-state index contributed by atoms with van der Waals surface area (Å²) in [5.41, 5.74) is 1.24. The summed E-state index contributed by atoms with van der Waals surface area (Å²) < 4.78 is 1.32. The first-order valence-corrected chi connectivity index (χ1v) is 5.96. The van der Waals surface area contributed by atoms with Crippen molar-refractivity contribution >= 4 is 33.2 Å². The Labute approximate surface area is 99.2 Å². The molecule has 80 valence electrons. The van der Waals surface area contributed by atoms with Crippen LogP contribution in [0.2, 0.25) is 0 Å². The average molecular weight is 227 g/mol. The molecule has 0 saturated carbocycles. The van der Waals surface area contributed by atoms with Crippen LogP contribution >= 0.6 is 11.3 Å². The van der Waals surface area contributed by atoms with Gasteiger partial charge in [0.2, 0.25) is 0 Å². The van der Waals surface area contributed by atoms with E-state index in [1.807, 2.05) is 12.2 Å². The third kappa shape index (κ3) is 2.28. The van der Waals surface area contributed by atoms with E-state index in [-0.39, 0.29) is 0 Å². The fourth-order valence-corrected chi connectivity index (χ4v) is 2.56. The van der Waals surface area contributed by atoms with Gasteiger partial charge in [0.05, 0.1) is 0 Å². The molecule has 0 radical (unpaired) electrons. The lowest BCUT2D eigenvalue weighted by molar-refractivity contribution is 1.58. The van der Waals surface area contributed by atoms with Gasteiger partial charge in [0.25, 0.3) is 0 Å². The molecule has 0 aliphatic rings. The van der Waals surface area contributed by atoms with E-state index < -0.39 is 0 Å². The van der Waals surface area contributed by atoms with Gasteiger partial charge in [-0.1, -0.05) is 30.4 Å². The van der Waals surface area contributed by atoms with Crippen molar-refractivity contribution in [1.29, 1.82) is 5.41 Å². The van der Waals surface area contributed by atoms with Gasteiger partial charge in [-0.3, -0.25) is 0 Å². The summed E-state index contributed by atoms with van der Waals surface area (Å²) in [6.45, 7) is 2.10. The van der Waals surface area contributed by atoms with Crippen LogP contribution in [0.5, 0.6) is 0 Å². The smallest absolute Gasteiger partial charge is 0.0349 e. The summed E-state index contributed by atoms with van der Waals surface area (Å²) >= 11 is 1.80. The number of allylic oxidation sites excluding steroid dienone is 4. The lowest BCUT2D eigenvalue weighted by Crippen LogP contribution is -1.69. The molecule has 1 aromatic heterocycles. The molecule has 2 aromatic rings. The van der Waals surface area contributed by atoms with Gasteiger partial charge >= 0.3 is 0 Å². The van der Waals surface area contributed by atoms with E-state index in [1.54, 1.807) is 17.4 Å². The van der Waals surface area contributed by atoms with Crippen LogP contribution in [0.25, 0.3) is 15.7 Å². The molecule has 0 atom stereocenters. The van der Waals surface area contributed by atoms with Crippen molar-refractivity contribution in [3.05, 3.63) is 53.4 Å². The molecule has 0 saturated heterocycles. The fraction of sp³-hybridized carbons (Fsp3) is 0.0714. The normalized spacial score (nSPS) is 12.4. The lowest BCUT2D eigenvalue weighted by Gasteiger charge is -1.92. The van der Waals surface area contributed by atoms with Crippen LogP contribution in [0, 0.1) is 5.41 Å². The van der Waals surface area contributed by atoms with E-state index in [0.29, 0.717) is 0 Å². The highest BCUT2D eigenvalue weighted by molar-refractivity contribution is 7.20. The first kappa shape index (κ1) is 10.8. The number of hydrogen-bond donors (Lipinski definition) is 1. The highest BCUT2D eigenvalue weighted by atomic mass is 32.1. The molecule has 1 aromatic carbocycles. The number of fused-ring (bicyclic) bond motifs is 1. The van der Waals surface area contributed by atoms with Crippen LogP contribution in [0.4, 0.5) is 0 Å². The van der Waals surface area contributed by atoms with Gasteiger partial charge in [-0.15, -0.1) is 11.3 Å². The maximum absolute atomic E-state index is 6.90. The number of thiophene rings is 1. The molecular formula is C14H13NS. The van der Waals surface area contributed by atoms with Crippen LogP contribution in [0.15, 0.2) is 48.6 Å². The maximum atomic E-state index is 6.90. The van der Waals surface area contributed by atoms with Crippen molar-refractivity contribution in [3.63, 3.8) is 0 Å². The number of rotatable bonds is 3. The average Bonchev–Trinajstić information content (AvgIpc) is 2.73. The molecular weight excluding hydrogens is 214 g/mol. The second-order valence-electron chi connectivity index (χ2n) is 3.55. The van der Waals surface area contributed by atoms with E-state index in [2.05, 4.69) is 37.3 Å². The third-order valence-electron chi connectivity index (χ3n) is 2.37. The largest absolute Gasteiger partial charge is 0.309 e. The summed E-state index contributed by atoms with van der Waals surface area (Å²) in [5, 5.41) is 8.20. The van der Waals surface area contributed by atoms with E-state index >= 15 is 0 Å². The zero-order valence-corrected chi connectivity index (χ0v) is 9.92. The third-order valence-corrected chi connectivity index (χ3v) is 3.62. The van der Waals surface area contributed by atoms with Gasteiger partial charge in [0, 0.05) is 15.8 Å². The van der Waals surface area contributed by atoms with E-state index in [1.165, 1.54) is 26.8 Å². The minimum atomic E-state index is 1.24. The predicted octanol–water partition coefficient (Wildman–Crippen LogP) is 4.51. The summed E-state index contributed by atoms with van der Waals surface area (Å²) in [7, 11) is 0. The van der Waals surface area contributed by atoms with E-state index in [0.717, 1.165) is 0 Å². The van der Waals surface area contributed by atoms with Gasteiger partial charge in [-0.05, 0) is 36.1 Å². The van der Waals surface area contributed by atoms with Crippen LogP contribution in [-0.4, -0.2) is 6.21 Å². The van der Waals surface area contributed by atoms with E-state index in [4.69, 9.17) is 5.41 Å². The lowest BCUT2D eigenvalue weighted by atomic mass is 10.2. The number of benzene rings is 1. The molecule has 16 heavy (non-hydrogen) atoms. The second kappa shape index (κ2) is 4.90. The Balaban J connectivity index is 2.36. The Hall–Kier alpha value is -1.67. The Morgan fingerprint density at radius 1 is 1.25 bits per heavy atom. The quantitative estimate of drug-likeness (QED) is 0.589. The van der Waals surface area contributed by atoms with E-state index in [9.17, 15) is 0 Å². The van der Waals surface area contributed by atoms with Gasteiger partial charge in [-0.25, -0.2) is 0 Å². The monoisotopic (exact) mass is 227 g/mol. The Kier molecular flexibility index (Phi) is 3.32. The minimum Gasteiger partial charge on any atom is -0.309 e. The van der Waals surface area contributed by atoms with Crippen molar-refractivity contribution < 1.29 is 0 Å². The van der Waals surface area contributed by atoms with Gasteiger partial charge < -0.3 is 5.41 Å². The fourth-order valence-electron chi connectivity index (χ4n) is 1.51. The van der Waals surface area contributed by atoms with Crippen LogP contribution in [0.3, 0.4) is 0 Å². The van der Waals surface area contributed by atoms with Crippen LogP contribution in [0.1, 0.15) is 11.8 Å². The zero-order valence-electron chi connectivity index (χ0n) is 9.10. The highest BCUT2D eigenvalue weighted by Crippen LogP contribution is 2.29. The van der Waals surface area contributed by atoms with Gasteiger partial charge in [-0.2, -0.15) is 0 Å². The molecule has 0 spiro atoms. The Bertz CT molecular complexity index is 528. The number of hydrogen-bond acceptors (Lipinski definition) is 2. The zero-order chi connectivity index (χ0) is 11.4. The molecule has 2 rings (SSSR count). The van der Waals surface area contributed by atoms with Crippen LogP contribution < -0.4 is 0 Å². The molecule has 0 aliphatic heterocycles. The molecule has 2 heteroatoms. The summed E-state index contributed by atoms with van der Waals surface area (Å²) in [6.07, 6.45) is 6.94. The summed E-state index contributed by atoms with van der Waals surface area (Å²) in [6, 6.07) is 10.6. The van der Waals surface area contributed by atoms with Crippen molar-refractivity contribution in [2.24, 2.45) is 0 Å². The first-order chi connectivity index (χ1) is 7.81. The summed E-state index contributed by atoms with van der Waals surface area (Å²) in [5.74, 6) is 0. The van der Waals surface area contributed by atoms with Gasteiger partial charge in [0.1, 0.15) is 0 Å². The molecule has 1 nitrogen and oxygen atoms in total. The second-order valence-corrected chi connectivity index (χ2v) is 4.63. The molecule has 1 N–H and O–H groups in total. The van der Waals surface area contributed by atoms with Crippen molar-refractivity contribution in [3.8, 4) is 0 Å². The topological polar surface area (TPSA) is 23.9 Å². The molecule has 0 bridgehead atoms. The molecule has 0 aliphatic carbocycles. The van der Waals surface area contributed by atoms with Crippen LogP contribution in [-0.2, 0) is 0 Å². The van der Waals surface area contributed by atoms with Crippen molar-refractivity contribution in [1.82, 2.24) is 0 Å².